The number of carbonyl (C=O) groups is 1. The summed E-state index contributed by atoms with van der Waals surface area (Å²) in [7, 11) is 0. The van der Waals surface area contributed by atoms with Gasteiger partial charge < -0.3 is 11.1 Å². The van der Waals surface area contributed by atoms with Gasteiger partial charge in [-0.05, 0) is 30.0 Å². The number of rotatable bonds is 2. The van der Waals surface area contributed by atoms with Crippen molar-refractivity contribution in [3.63, 3.8) is 0 Å². The van der Waals surface area contributed by atoms with Gasteiger partial charge in [0.15, 0.2) is 0 Å². The maximum Gasteiger partial charge on any atom is 0.241 e. The van der Waals surface area contributed by atoms with E-state index in [9.17, 15) is 4.79 Å². The second-order valence-electron chi connectivity index (χ2n) is 5.41. The van der Waals surface area contributed by atoms with Crippen LogP contribution >= 0.6 is 23.2 Å². The Morgan fingerprint density at radius 2 is 1.83 bits per heavy atom. The molecule has 1 rings (SSSR count). The summed E-state index contributed by atoms with van der Waals surface area (Å²) in [6, 6.07) is 2.72. The number of hydrogen-bond acceptors (Lipinski definition) is 2. The van der Waals surface area contributed by atoms with Gasteiger partial charge in [-0.1, -0.05) is 44.0 Å². The highest BCUT2D eigenvalue weighted by atomic mass is 35.5. The van der Waals surface area contributed by atoms with Gasteiger partial charge in [0.1, 0.15) is 0 Å². The van der Waals surface area contributed by atoms with Crippen LogP contribution in [-0.4, -0.2) is 11.9 Å². The summed E-state index contributed by atoms with van der Waals surface area (Å²) in [6.07, 6.45) is 0. The van der Waals surface area contributed by atoms with Crippen molar-refractivity contribution in [2.24, 2.45) is 11.1 Å². The molecule has 0 unspecified atom stereocenters. The van der Waals surface area contributed by atoms with Crippen molar-refractivity contribution in [1.82, 2.24) is 0 Å². The van der Waals surface area contributed by atoms with Crippen molar-refractivity contribution >= 4 is 34.8 Å². The predicted molar refractivity (Wildman–Crippen MR) is 77.3 cm³/mol. The van der Waals surface area contributed by atoms with Crippen LogP contribution in [0.15, 0.2) is 12.1 Å². The first-order valence-corrected chi connectivity index (χ1v) is 6.40. The average molecular weight is 289 g/mol. The van der Waals surface area contributed by atoms with Crippen molar-refractivity contribution in [3.05, 3.63) is 27.7 Å². The van der Waals surface area contributed by atoms with E-state index in [1.807, 2.05) is 27.7 Å². The molecule has 1 atom stereocenters. The van der Waals surface area contributed by atoms with E-state index >= 15 is 0 Å². The monoisotopic (exact) mass is 288 g/mol. The zero-order valence-electron chi connectivity index (χ0n) is 11.0. The van der Waals surface area contributed by atoms with E-state index in [0.29, 0.717) is 15.7 Å². The van der Waals surface area contributed by atoms with Gasteiger partial charge in [-0.25, -0.2) is 0 Å². The lowest BCUT2D eigenvalue weighted by Crippen LogP contribution is -2.45. The zero-order valence-corrected chi connectivity index (χ0v) is 12.5. The molecule has 0 saturated heterocycles. The van der Waals surface area contributed by atoms with Crippen LogP contribution in [0.3, 0.4) is 0 Å². The van der Waals surface area contributed by atoms with Crippen LogP contribution in [0.1, 0.15) is 26.3 Å². The first-order chi connectivity index (χ1) is 8.12. The number of anilines is 1. The fraction of sp³-hybridized carbons (Fsp3) is 0.462. The lowest BCUT2D eigenvalue weighted by atomic mass is 9.87. The number of hydrogen-bond donors (Lipinski definition) is 2. The molecule has 0 aromatic heterocycles. The number of aryl methyl sites for hydroxylation is 1. The number of halogens is 2. The quantitative estimate of drug-likeness (QED) is 0.873. The smallest absolute Gasteiger partial charge is 0.241 e. The molecule has 0 heterocycles. The van der Waals surface area contributed by atoms with Crippen LogP contribution < -0.4 is 11.1 Å². The molecule has 0 radical (unpaired) electrons. The summed E-state index contributed by atoms with van der Waals surface area (Å²) in [5.41, 5.74) is 6.90. The Morgan fingerprint density at radius 3 is 2.33 bits per heavy atom. The number of nitrogens with two attached hydrogens (primary N) is 1. The van der Waals surface area contributed by atoms with E-state index in [2.05, 4.69) is 5.32 Å². The molecule has 1 amide bonds. The van der Waals surface area contributed by atoms with Crippen LogP contribution in [0, 0.1) is 12.3 Å². The van der Waals surface area contributed by atoms with Crippen molar-refractivity contribution in [3.8, 4) is 0 Å². The lowest BCUT2D eigenvalue weighted by Gasteiger charge is -2.26. The van der Waals surface area contributed by atoms with E-state index in [1.165, 1.54) is 0 Å². The summed E-state index contributed by atoms with van der Waals surface area (Å²) in [6.45, 7) is 7.56. The van der Waals surface area contributed by atoms with Crippen LogP contribution in [0.2, 0.25) is 10.0 Å². The third kappa shape index (κ3) is 3.61. The first-order valence-electron chi connectivity index (χ1n) is 5.65. The third-order valence-corrected chi connectivity index (χ3v) is 3.44. The van der Waals surface area contributed by atoms with Crippen LogP contribution in [0.25, 0.3) is 0 Å². The molecule has 0 spiro atoms. The molecule has 0 aliphatic heterocycles. The Labute approximate surface area is 118 Å². The minimum atomic E-state index is -0.617. The molecule has 0 aliphatic carbocycles. The topological polar surface area (TPSA) is 55.1 Å². The molecule has 0 bridgehead atoms. The van der Waals surface area contributed by atoms with Crippen molar-refractivity contribution in [1.29, 1.82) is 0 Å². The molecule has 18 heavy (non-hydrogen) atoms. The second kappa shape index (κ2) is 5.47. The van der Waals surface area contributed by atoms with E-state index in [4.69, 9.17) is 28.9 Å². The molecule has 0 saturated carbocycles. The van der Waals surface area contributed by atoms with Gasteiger partial charge in [-0.3, -0.25) is 4.79 Å². The van der Waals surface area contributed by atoms with Gasteiger partial charge in [0.2, 0.25) is 5.91 Å². The summed E-state index contributed by atoms with van der Waals surface area (Å²) in [5, 5.41) is 3.71. The van der Waals surface area contributed by atoms with E-state index < -0.39 is 6.04 Å². The Kier molecular flexibility index (Phi) is 4.65. The summed E-state index contributed by atoms with van der Waals surface area (Å²) in [5.74, 6) is -0.274. The van der Waals surface area contributed by atoms with Crippen LogP contribution in [0.4, 0.5) is 5.69 Å². The van der Waals surface area contributed by atoms with E-state index in [1.54, 1.807) is 12.1 Å². The number of benzene rings is 1. The molecule has 3 N–H and O–H groups in total. The number of nitrogens with one attached hydrogen (secondary N) is 1. The van der Waals surface area contributed by atoms with E-state index in [-0.39, 0.29) is 11.3 Å². The van der Waals surface area contributed by atoms with Gasteiger partial charge in [-0.15, -0.1) is 0 Å². The highest BCUT2D eigenvalue weighted by Crippen LogP contribution is 2.29. The summed E-state index contributed by atoms with van der Waals surface area (Å²) < 4.78 is 0. The van der Waals surface area contributed by atoms with Crippen LogP contribution in [-0.2, 0) is 4.79 Å². The van der Waals surface area contributed by atoms with Gasteiger partial charge in [-0.2, -0.15) is 0 Å². The van der Waals surface area contributed by atoms with Gasteiger partial charge in [0, 0.05) is 5.02 Å². The molecule has 0 fully saturated rings. The Morgan fingerprint density at radius 1 is 1.28 bits per heavy atom. The van der Waals surface area contributed by atoms with Gasteiger partial charge in [0.05, 0.1) is 16.8 Å². The molecule has 100 valence electrons. The maximum atomic E-state index is 12.0. The van der Waals surface area contributed by atoms with Crippen molar-refractivity contribution in [2.75, 3.05) is 5.32 Å². The fourth-order valence-electron chi connectivity index (χ4n) is 1.35. The molecule has 1 aromatic carbocycles. The highest BCUT2D eigenvalue weighted by molar-refractivity contribution is 6.36. The van der Waals surface area contributed by atoms with Gasteiger partial charge >= 0.3 is 0 Å². The van der Waals surface area contributed by atoms with Crippen molar-refractivity contribution < 1.29 is 4.79 Å². The largest absolute Gasteiger partial charge is 0.323 e. The molecule has 0 aliphatic rings. The zero-order chi connectivity index (χ0) is 14.1. The maximum absolute atomic E-state index is 12.0. The summed E-state index contributed by atoms with van der Waals surface area (Å²) >= 11 is 12.0. The predicted octanol–water partition coefficient (Wildman–Crippen LogP) is 3.61. The molecule has 3 nitrogen and oxygen atoms in total. The number of amides is 1. The SMILES string of the molecule is Cc1cc(Cl)c(NC(=O)[C@@H](N)C(C)(C)C)cc1Cl. The van der Waals surface area contributed by atoms with Crippen LogP contribution in [0.5, 0.6) is 0 Å². The minimum Gasteiger partial charge on any atom is -0.323 e. The van der Waals surface area contributed by atoms with Crippen molar-refractivity contribution in [2.45, 2.75) is 33.7 Å². The fourth-order valence-corrected chi connectivity index (χ4v) is 1.77. The average Bonchev–Trinajstić information content (AvgIpc) is 2.23. The second-order valence-corrected chi connectivity index (χ2v) is 6.23. The molecular weight excluding hydrogens is 271 g/mol. The summed E-state index contributed by atoms with van der Waals surface area (Å²) in [4.78, 5) is 12.0. The molecule has 1 aromatic rings. The Hall–Kier alpha value is -0.770. The highest BCUT2D eigenvalue weighted by Gasteiger charge is 2.27. The molecule has 5 heteroatoms. The minimum absolute atomic E-state index is 0.274. The standard InChI is InChI=1S/C13H18Cl2N2O/c1-7-5-9(15)10(6-8(7)14)17-12(18)11(16)13(2,3)4/h5-6,11H,16H2,1-4H3,(H,17,18)/t11-/m1/s1. The Bertz CT molecular complexity index is 467. The Balaban J connectivity index is 2.92. The normalized spacial score (nSPS) is 13.3. The third-order valence-electron chi connectivity index (χ3n) is 2.72. The van der Waals surface area contributed by atoms with Gasteiger partial charge in [0.25, 0.3) is 0 Å². The molecular formula is C13H18Cl2N2O. The first kappa shape index (κ1) is 15.3. The number of carbonyl (C=O) groups excluding carboxylic acids is 1. The van der Waals surface area contributed by atoms with E-state index in [0.717, 1.165) is 5.56 Å². The lowest BCUT2D eigenvalue weighted by molar-refractivity contribution is -0.119.